The molecule has 2 aliphatic rings. The SMILES string of the molecule is CCc1cc(C(=O)N2CC3CN(CC[CH]c4ccccc4)C[C@H]3C2)n(C(N)=O)n1. The van der Waals surface area contributed by atoms with Gasteiger partial charge >= 0.3 is 6.03 Å². The van der Waals surface area contributed by atoms with Gasteiger partial charge in [0.2, 0.25) is 0 Å². The Balaban J connectivity index is 1.30. The van der Waals surface area contributed by atoms with Gasteiger partial charge in [-0.25, -0.2) is 4.79 Å². The van der Waals surface area contributed by atoms with Gasteiger partial charge in [0.15, 0.2) is 0 Å². The summed E-state index contributed by atoms with van der Waals surface area (Å²) in [4.78, 5) is 29.0. The molecule has 0 aliphatic carbocycles. The van der Waals surface area contributed by atoms with E-state index in [1.54, 1.807) is 6.07 Å². The maximum absolute atomic E-state index is 13.0. The maximum atomic E-state index is 13.0. The Morgan fingerprint density at radius 2 is 1.83 bits per heavy atom. The van der Waals surface area contributed by atoms with E-state index in [-0.39, 0.29) is 11.6 Å². The number of amides is 2. The smallest absolute Gasteiger partial charge is 0.340 e. The predicted molar refractivity (Wildman–Crippen MR) is 110 cm³/mol. The number of primary amides is 1. The molecule has 7 heteroatoms. The number of hydrogen-bond donors (Lipinski definition) is 1. The molecule has 3 heterocycles. The van der Waals surface area contributed by atoms with E-state index in [9.17, 15) is 9.59 Å². The number of hydrogen-bond acceptors (Lipinski definition) is 4. The van der Waals surface area contributed by atoms with Crippen molar-refractivity contribution in [1.82, 2.24) is 19.6 Å². The van der Waals surface area contributed by atoms with Crippen LogP contribution in [0.4, 0.5) is 4.79 Å². The number of nitrogens with zero attached hydrogens (tertiary/aromatic N) is 4. The molecule has 2 aromatic rings. The van der Waals surface area contributed by atoms with Gasteiger partial charge in [-0.3, -0.25) is 4.79 Å². The first-order valence-corrected chi connectivity index (χ1v) is 10.3. The topological polar surface area (TPSA) is 84.5 Å². The molecule has 4 rings (SSSR count). The van der Waals surface area contributed by atoms with Gasteiger partial charge in [-0.1, -0.05) is 37.3 Å². The Labute approximate surface area is 171 Å². The van der Waals surface area contributed by atoms with Crippen LogP contribution in [-0.4, -0.2) is 64.2 Å². The summed E-state index contributed by atoms with van der Waals surface area (Å²) in [5, 5.41) is 4.15. The predicted octanol–water partition coefficient (Wildman–Crippen LogP) is 2.02. The minimum Gasteiger partial charge on any atom is -0.350 e. The molecule has 1 radical (unpaired) electrons. The van der Waals surface area contributed by atoms with Crippen molar-refractivity contribution in [3.8, 4) is 0 Å². The monoisotopic (exact) mass is 394 g/mol. The Hall–Kier alpha value is -2.67. The maximum Gasteiger partial charge on any atom is 0.340 e. The summed E-state index contributed by atoms with van der Waals surface area (Å²) in [6, 6.07) is 11.4. The zero-order valence-electron chi connectivity index (χ0n) is 16.8. The van der Waals surface area contributed by atoms with Gasteiger partial charge in [-0.05, 0) is 49.3 Å². The highest BCUT2D eigenvalue weighted by atomic mass is 16.2. The van der Waals surface area contributed by atoms with Crippen molar-refractivity contribution in [1.29, 1.82) is 0 Å². The molecule has 1 unspecified atom stereocenters. The van der Waals surface area contributed by atoms with E-state index in [1.165, 1.54) is 5.56 Å². The van der Waals surface area contributed by atoms with Crippen molar-refractivity contribution in [3.05, 3.63) is 59.8 Å². The van der Waals surface area contributed by atoms with Crippen LogP contribution in [0, 0.1) is 18.3 Å². The number of benzene rings is 1. The van der Waals surface area contributed by atoms with Crippen molar-refractivity contribution in [2.75, 3.05) is 32.7 Å². The van der Waals surface area contributed by atoms with Crippen LogP contribution < -0.4 is 5.73 Å². The van der Waals surface area contributed by atoms with E-state index in [0.717, 1.165) is 43.8 Å². The Morgan fingerprint density at radius 1 is 1.14 bits per heavy atom. The van der Waals surface area contributed by atoms with Crippen LogP contribution in [-0.2, 0) is 6.42 Å². The zero-order chi connectivity index (χ0) is 20.4. The number of rotatable bonds is 6. The molecule has 2 aliphatic heterocycles. The number of carbonyl (C=O) groups excluding carboxylic acids is 2. The van der Waals surface area contributed by atoms with Gasteiger partial charge in [-0.2, -0.15) is 9.78 Å². The molecule has 7 nitrogen and oxygen atoms in total. The third kappa shape index (κ3) is 4.19. The molecule has 29 heavy (non-hydrogen) atoms. The third-order valence-corrected chi connectivity index (χ3v) is 6.02. The molecule has 0 saturated carbocycles. The van der Waals surface area contributed by atoms with Crippen LogP contribution in [0.5, 0.6) is 0 Å². The molecule has 1 aromatic heterocycles. The van der Waals surface area contributed by atoms with E-state index < -0.39 is 6.03 Å². The van der Waals surface area contributed by atoms with Crippen molar-refractivity contribution in [2.45, 2.75) is 19.8 Å². The summed E-state index contributed by atoms with van der Waals surface area (Å²) in [5.41, 5.74) is 7.65. The first-order chi connectivity index (χ1) is 14.0. The average molecular weight is 394 g/mol. The normalized spacial score (nSPS) is 21.5. The molecular weight excluding hydrogens is 366 g/mol. The number of nitrogens with two attached hydrogens (primary N) is 1. The molecule has 0 spiro atoms. The quantitative estimate of drug-likeness (QED) is 0.812. The van der Waals surface area contributed by atoms with Crippen LogP contribution in [0.3, 0.4) is 0 Å². The Kier molecular flexibility index (Phi) is 5.67. The summed E-state index contributed by atoms with van der Waals surface area (Å²) in [6.45, 7) is 6.48. The van der Waals surface area contributed by atoms with Gasteiger partial charge in [-0.15, -0.1) is 0 Å². The lowest BCUT2D eigenvalue weighted by molar-refractivity contribution is 0.0764. The number of fused-ring (bicyclic) bond motifs is 1. The summed E-state index contributed by atoms with van der Waals surface area (Å²) in [5.74, 6) is 0.840. The van der Waals surface area contributed by atoms with Gasteiger partial charge in [0.25, 0.3) is 5.91 Å². The fourth-order valence-corrected chi connectivity index (χ4v) is 4.53. The minimum absolute atomic E-state index is 0.144. The van der Waals surface area contributed by atoms with Gasteiger partial charge in [0.05, 0.1) is 5.69 Å². The van der Waals surface area contributed by atoms with Crippen molar-refractivity contribution >= 4 is 11.9 Å². The summed E-state index contributed by atoms with van der Waals surface area (Å²) < 4.78 is 1.04. The molecule has 2 saturated heterocycles. The molecule has 0 bridgehead atoms. The fourth-order valence-electron chi connectivity index (χ4n) is 4.53. The van der Waals surface area contributed by atoms with Crippen LogP contribution in [0.25, 0.3) is 0 Å². The second kappa shape index (κ2) is 8.37. The van der Waals surface area contributed by atoms with Crippen LogP contribution >= 0.6 is 0 Å². The van der Waals surface area contributed by atoms with E-state index in [2.05, 4.69) is 40.7 Å². The van der Waals surface area contributed by atoms with Crippen LogP contribution in [0.2, 0.25) is 0 Å². The first-order valence-electron chi connectivity index (χ1n) is 10.3. The highest BCUT2D eigenvalue weighted by Crippen LogP contribution is 2.32. The van der Waals surface area contributed by atoms with Crippen molar-refractivity contribution in [3.63, 3.8) is 0 Å². The Bertz CT molecular complexity index is 865. The lowest BCUT2D eigenvalue weighted by Gasteiger charge is -2.21. The average Bonchev–Trinajstić information content (AvgIpc) is 3.41. The van der Waals surface area contributed by atoms with Crippen LogP contribution in [0.15, 0.2) is 36.4 Å². The second-order valence-electron chi connectivity index (χ2n) is 8.02. The molecule has 2 atom stereocenters. The molecule has 153 valence electrons. The number of likely N-dealkylation sites (tertiary alicyclic amines) is 2. The van der Waals surface area contributed by atoms with Gasteiger partial charge in [0.1, 0.15) is 5.69 Å². The molecular formula is C22H28N5O2. The highest BCUT2D eigenvalue weighted by Gasteiger charge is 2.42. The van der Waals surface area contributed by atoms with Crippen LogP contribution in [0.1, 0.15) is 35.1 Å². The standard InChI is InChI=1S/C22H28N5O2/c1-2-19-11-20(27(24-19)22(23)29)21(28)26-14-17-12-25(13-18(17)15-26)10-6-9-16-7-4-3-5-8-16/h3-5,7-9,11,17-18H,2,6,10,12-15H2,1H3,(H2,23,29)/t17-,18?/m0/s1. The summed E-state index contributed by atoms with van der Waals surface area (Å²) in [7, 11) is 0. The Morgan fingerprint density at radius 3 is 2.45 bits per heavy atom. The lowest BCUT2D eigenvalue weighted by Crippen LogP contribution is -2.36. The zero-order valence-corrected chi connectivity index (χ0v) is 16.8. The third-order valence-electron chi connectivity index (χ3n) is 6.02. The van der Waals surface area contributed by atoms with Crippen molar-refractivity contribution in [2.24, 2.45) is 17.6 Å². The highest BCUT2D eigenvalue weighted by molar-refractivity contribution is 5.96. The van der Waals surface area contributed by atoms with E-state index in [1.807, 2.05) is 17.9 Å². The van der Waals surface area contributed by atoms with Gasteiger partial charge < -0.3 is 15.5 Å². The van der Waals surface area contributed by atoms with E-state index in [0.29, 0.717) is 24.0 Å². The fraction of sp³-hybridized carbons (Fsp3) is 0.455. The number of aryl methyl sites for hydroxylation is 1. The molecule has 2 N–H and O–H groups in total. The summed E-state index contributed by atoms with van der Waals surface area (Å²) in [6.07, 6.45) is 3.96. The van der Waals surface area contributed by atoms with E-state index >= 15 is 0 Å². The number of carbonyl (C=O) groups is 2. The molecule has 2 fully saturated rings. The van der Waals surface area contributed by atoms with Crippen molar-refractivity contribution < 1.29 is 9.59 Å². The summed E-state index contributed by atoms with van der Waals surface area (Å²) >= 11 is 0. The largest absolute Gasteiger partial charge is 0.350 e. The molecule has 2 amide bonds. The van der Waals surface area contributed by atoms with Gasteiger partial charge in [0, 0.05) is 26.2 Å². The lowest BCUT2D eigenvalue weighted by atomic mass is 10.0. The first kappa shape index (κ1) is 19.6. The number of aromatic nitrogens is 2. The minimum atomic E-state index is -0.715. The second-order valence-corrected chi connectivity index (χ2v) is 8.02. The molecule has 1 aromatic carbocycles. The van der Waals surface area contributed by atoms with E-state index in [4.69, 9.17) is 5.73 Å².